The van der Waals surface area contributed by atoms with E-state index in [0.717, 1.165) is 16.3 Å². The highest BCUT2D eigenvalue weighted by Crippen LogP contribution is 2.30. The van der Waals surface area contributed by atoms with Crippen molar-refractivity contribution < 1.29 is 33.2 Å². The molecule has 3 N–H and O–H groups in total. The van der Waals surface area contributed by atoms with Crippen molar-refractivity contribution in [2.45, 2.75) is 25.9 Å². The van der Waals surface area contributed by atoms with Crippen LogP contribution in [0.25, 0.3) is 0 Å². The molecule has 178 valence electrons. The molecule has 4 rings (SSSR count). The summed E-state index contributed by atoms with van der Waals surface area (Å²) in [5.74, 6) is -3.49. The summed E-state index contributed by atoms with van der Waals surface area (Å²) in [4.78, 5) is 42.8. The van der Waals surface area contributed by atoms with Gasteiger partial charge in [0.15, 0.2) is 17.0 Å². The standard InChI is InChI=1S/C24H20FN5O5/c1-2-27-22(32)16-12-30-19-18(20(31)17(24(30)34)23(33)28-9-3-8-26)29-11-14(21(19)35-16)10-13-4-6-15(25)7-5-13/h4-7,11-12,21H,2-3,9-10H2,1H3,(H2-,27,28,31,32,33,34)/p+1. The van der Waals surface area contributed by atoms with Gasteiger partial charge in [0.1, 0.15) is 5.82 Å². The first-order chi connectivity index (χ1) is 16.8. The molecule has 3 aliphatic heterocycles. The Bertz CT molecular complexity index is 1310. The third-order valence-corrected chi connectivity index (χ3v) is 5.46. The Hall–Kier alpha value is -4.59. The van der Waals surface area contributed by atoms with E-state index in [-0.39, 0.29) is 36.6 Å². The number of likely N-dealkylation sites (N-methyl/N-ethyl adjacent to an activating group) is 1. The lowest BCUT2D eigenvalue weighted by molar-refractivity contribution is -0.385. The first-order valence-corrected chi connectivity index (χ1v) is 10.8. The summed E-state index contributed by atoms with van der Waals surface area (Å²) in [5.41, 5.74) is 0.842. The summed E-state index contributed by atoms with van der Waals surface area (Å²) in [5, 5.41) is 24.5. The van der Waals surface area contributed by atoms with Gasteiger partial charge in [-0.25, -0.2) is 14.2 Å². The minimum Gasteiger partial charge on any atom is -0.504 e. The molecule has 3 aliphatic rings. The first-order valence-electron chi connectivity index (χ1n) is 10.8. The number of nitrogens with one attached hydrogen (secondary N) is 2. The molecule has 0 fully saturated rings. The van der Waals surface area contributed by atoms with E-state index in [4.69, 9.17) is 10.00 Å². The molecule has 0 spiro atoms. The zero-order valence-corrected chi connectivity index (χ0v) is 18.7. The summed E-state index contributed by atoms with van der Waals surface area (Å²) in [7, 11) is 0. The van der Waals surface area contributed by atoms with Crippen LogP contribution in [0.2, 0.25) is 0 Å². The van der Waals surface area contributed by atoms with Crippen LogP contribution in [0.1, 0.15) is 18.9 Å². The SMILES string of the molecule is CCNC(=O)C1=C[N+]2=C3C(=NC=C(Cc4ccc(F)cc4)C3O1)C(O)=C(C(=O)NCCC#N)C2=O. The zero-order chi connectivity index (χ0) is 25.1. The van der Waals surface area contributed by atoms with Crippen LogP contribution < -0.4 is 10.6 Å². The second-order valence-electron chi connectivity index (χ2n) is 7.78. The van der Waals surface area contributed by atoms with Gasteiger partial charge in [-0.05, 0) is 31.0 Å². The number of hydrogen-bond acceptors (Lipinski definition) is 7. The van der Waals surface area contributed by atoms with E-state index in [1.165, 1.54) is 18.3 Å². The molecule has 0 saturated heterocycles. The van der Waals surface area contributed by atoms with Gasteiger partial charge in [0.05, 0.1) is 12.5 Å². The van der Waals surface area contributed by atoms with Gasteiger partial charge < -0.3 is 20.5 Å². The smallest absolute Gasteiger partial charge is 0.434 e. The Labute approximate surface area is 199 Å². The molecule has 11 heteroatoms. The lowest BCUT2D eigenvalue weighted by atomic mass is 9.89. The van der Waals surface area contributed by atoms with E-state index in [2.05, 4.69) is 15.6 Å². The largest absolute Gasteiger partial charge is 0.504 e. The van der Waals surface area contributed by atoms with Crippen molar-refractivity contribution in [1.29, 1.82) is 5.26 Å². The average Bonchev–Trinajstić information content (AvgIpc) is 2.84. The molecule has 1 atom stereocenters. The Balaban J connectivity index is 1.79. The maximum Gasteiger partial charge on any atom is 0.434 e. The van der Waals surface area contributed by atoms with E-state index >= 15 is 0 Å². The van der Waals surface area contributed by atoms with Crippen molar-refractivity contribution in [3.05, 3.63) is 70.7 Å². The molecule has 1 aromatic carbocycles. The molecule has 0 radical (unpaired) electrons. The van der Waals surface area contributed by atoms with Crippen molar-refractivity contribution in [3.63, 3.8) is 0 Å². The zero-order valence-electron chi connectivity index (χ0n) is 18.7. The molecule has 35 heavy (non-hydrogen) atoms. The fourth-order valence-corrected chi connectivity index (χ4v) is 3.85. The highest BCUT2D eigenvalue weighted by molar-refractivity contribution is 6.52. The molecule has 3 amide bonds. The molecule has 3 heterocycles. The molecule has 0 bridgehead atoms. The number of aliphatic hydroxyl groups excluding tert-OH is 1. The van der Waals surface area contributed by atoms with Gasteiger partial charge in [-0.1, -0.05) is 12.1 Å². The number of benzene rings is 1. The van der Waals surface area contributed by atoms with Crippen LogP contribution in [0.3, 0.4) is 0 Å². The van der Waals surface area contributed by atoms with Crippen LogP contribution in [0.5, 0.6) is 0 Å². The van der Waals surface area contributed by atoms with Crippen LogP contribution >= 0.6 is 0 Å². The average molecular weight is 478 g/mol. The fraction of sp³-hybridized carbons (Fsp3) is 0.250. The van der Waals surface area contributed by atoms with E-state index < -0.39 is 41.0 Å². The van der Waals surface area contributed by atoms with Crippen LogP contribution in [0.15, 0.2) is 64.3 Å². The predicted octanol–water partition coefficient (Wildman–Crippen LogP) is 0.919. The molecular weight excluding hydrogens is 457 g/mol. The van der Waals surface area contributed by atoms with Gasteiger partial charge in [-0.2, -0.15) is 5.26 Å². The Morgan fingerprint density at radius 1 is 1.26 bits per heavy atom. The number of aliphatic hydroxyl groups is 1. The van der Waals surface area contributed by atoms with Crippen molar-refractivity contribution in [1.82, 2.24) is 10.6 Å². The van der Waals surface area contributed by atoms with E-state index in [1.807, 2.05) is 6.07 Å². The second kappa shape index (κ2) is 9.72. The predicted molar refractivity (Wildman–Crippen MR) is 120 cm³/mol. The number of hydrogen-bond donors (Lipinski definition) is 3. The lowest BCUT2D eigenvalue weighted by Gasteiger charge is -2.29. The van der Waals surface area contributed by atoms with Gasteiger partial charge in [0, 0.05) is 24.9 Å². The van der Waals surface area contributed by atoms with E-state index in [1.54, 1.807) is 19.1 Å². The van der Waals surface area contributed by atoms with Gasteiger partial charge in [-0.15, -0.1) is 4.58 Å². The Morgan fingerprint density at radius 3 is 2.69 bits per heavy atom. The molecule has 0 aromatic heterocycles. The first kappa shape index (κ1) is 23.6. The highest BCUT2D eigenvalue weighted by Gasteiger charge is 2.52. The molecular formula is C24H21FN5O5+. The topological polar surface area (TPSA) is 144 Å². The van der Waals surface area contributed by atoms with Crippen LogP contribution in [0, 0.1) is 17.1 Å². The number of ether oxygens (including phenoxy) is 1. The number of carbonyl (C=O) groups excluding carboxylic acids is 3. The second-order valence-corrected chi connectivity index (χ2v) is 7.78. The molecule has 10 nitrogen and oxygen atoms in total. The monoisotopic (exact) mass is 478 g/mol. The number of aliphatic imine (C=N–C) groups is 1. The van der Waals surface area contributed by atoms with Gasteiger partial charge in [0.2, 0.25) is 12.3 Å². The minimum absolute atomic E-state index is 0.0165. The molecule has 0 aliphatic carbocycles. The van der Waals surface area contributed by atoms with Crippen molar-refractivity contribution >= 4 is 29.1 Å². The number of nitriles is 1. The normalized spacial score (nSPS) is 18.5. The Morgan fingerprint density at radius 2 is 2.00 bits per heavy atom. The molecule has 0 saturated carbocycles. The van der Waals surface area contributed by atoms with Crippen molar-refractivity contribution in [3.8, 4) is 6.07 Å². The van der Waals surface area contributed by atoms with Gasteiger partial charge >= 0.3 is 5.91 Å². The number of rotatable bonds is 7. The fourth-order valence-electron chi connectivity index (χ4n) is 3.85. The summed E-state index contributed by atoms with van der Waals surface area (Å²) in [6.07, 6.45) is 1.90. The maximum absolute atomic E-state index is 13.3. The van der Waals surface area contributed by atoms with Crippen LogP contribution in [0.4, 0.5) is 4.39 Å². The quantitative estimate of drug-likeness (QED) is 0.302. The van der Waals surface area contributed by atoms with Crippen LogP contribution in [-0.4, -0.2) is 58.0 Å². The number of amides is 3. The third-order valence-electron chi connectivity index (χ3n) is 5.46. The number of nitrogens with zero attached hydrogens (tertiary/aromatic N) is 3. The number of allylic oxidation sites excluding steroid dienone is 1. The summed E-state index contributed by atoms with van der Waals surface area (Å²) < 4.78 is 20.4. The summed E-state index contributed by atoms with van der Waals surface area (Å²) >= 11 is 0. The van der Waals surface area contributed by atoms with E-state index in [9.17, 15) is 23.9 Å². The summed E-state index contributed by atoms with van der Waals surface area (Å²) in [6, 6.07) is 7.67. The third kappa shape index (κ3) is 4.46. The Kier molecular flexibility index (Phi) is 6.55. The lowest BCUT2D eigenvalue weighted by Crippen LogP contribution is -2.52. The molecule has 1 unspecified atom stereocenters. The number of halogens is 1. The van der Waals surface area contributed by atoms with E-state index in [0.29, 0.717) is 12.1 Å². The van der Waals surface area contributed by atoms with Crippen LogP contribution in [-0.2, 0) is 25.5 Å². The minimum atomic E-state index is -0.968. The highest BCUT2D eigenvalue weighted by atomic mass is 19.1. The molecule has 1 aromatic rings. The van der Waals surface area contributed by atoms with Crippen molar-refractivity contribution in [2.24, 2.45) is 4.99 Å². The van der Waals surface area contributed by atoms with Crippen molar-refractivity contribution in [2.75, 3.05) is 13.1 Å². The van der Waals surface area contributed by atoms with Gasteiger partial charge in [0.25, 0.3) is 23.3 Å². The van der Waals surface area contributed by atoms with Gasteiger partial charge in [-0.3, -0.25) is 9.59 Å². The maximum atomic E-state index is 13.3. The number of carbonyl (C=O) groups is 3. The summed E-state index contributed by atoms with van der Waals surface area (Å²) in [6.45, 7) is 2.02.